The first-order chi connectivity index (χ1) is 9.56. The van der Waals surface area contributed by atoms with E-state index in [-0.39, 0.29) is 17.9 Å². The Morgan fingerprint density at radius 2 is 2.00 bits per heavy atom. The van der Waals surface area contributed by atoms with Gasteiger partial charge in [-0.2, -0.15) is 0 Å². The molecule has 2 atom stereocenters. The third kappa shape index (κ3) is 4.05. The van der Waals surface area contributed by atoms with Gasteiger partial charge in [0.05, 0.1) is 6.10 Å². The zero-order chi connectivity index (χ0) is 14.5. The van der Waals surface area contributed by atoms with Crippen molar-refractivity contribution in [2.24, 2.45) is 5.92 Å². The number of amides is 1. The maximum atomic E-state index is 12.0. The highest BCUT2D eigenvalue weighted by Gasteiger charge is 2.25. The van der Waals surface area contributed by atoms with Gasteiger partial charge in [-0.15, -0.1) is 0 Å². The van der Waals surface area contributed by atoms with Crippen LogP contribution >= 0.6 is 0 Å². The second-order valence-electron chi connectivity index (χ2n) is 5.90. The highest BCUT2D eigenvalue weighted by Crippen LogP contribution is 2.24. The Kier molecular flexibility index (Phi) is 5.15. The minimum atomic E-state index is -0.252. The monoisotopic (exact) mass is 276 g/mol. The number of benzene rings is 1. The van der Waals surface area contributed by atoms with Crippen molar-refractivity contribution in [1.82, 2.24) is 10.2 Å². The summed E-state index contributed by atoms with van der Waals surface area (Å²) >= 11 is 0. The molecule has 0 radical (unpaired) electrons. The maximum Gasteiger partial charge on any atom is 0.251 e. The van der Waals surface area contributed by atoms with Gasteiger partial charge < -0.3 is 15.3 Å². The third-order valence-corrected chi connectivity index (χ3v) is 3.86. The summed E-state index contributed by atoms with van der Waals surface area (Å²) < 4.78 is 0. The molecule has 0 bridgehead atoms. The molecule has 1 amide bonds. The molecular formula is C16H24N2O2. The summed E-state index contributed by atoms with van der Waals surface area (Å²) in [7, 11) is 4.04. The molecule has 0 saturated heterocycles. The van der Waals surface area contributed by atoms with Gasteiger partial charge in [-0.25, -0.2) is 0 Å². The quantitative estimate of drug-likeness (QED) is 0.859. The first kappa shape index (κ1) is 15.0. The SMILES string of the molecule is CN(C)Cc1ccc(C(=O)NCC2CCCC2O)cc1. The van der Waals surface area contributed by atoms with E-state index in [9.17, 15) is 9.90 Å². The zero-order valence-electron chi connectivity index (χ0n) is 12.3. The first-order valence-corrected chi connectivity index (χ1v) is 7.26. The Morgan fingerprint density at radius 3 is 2.55 bits per heavy atom. The summed E-state index contributed by atoms with van der Waals surface area (Å²) in [5.74, 6) is 0.160. The molecule has 2 N–H and O–H groups in total. The third-order valence-electron chi connectivity index (χ3n) is 3.86. The fraction of sp³-hybridized carbons (Fsp3) is 0.562. The second-order valence-corrected chi connectivity index (χ2v) is 5.90. The number of nitrogens with one attached hydrogen (secondary N) is 1. The van der Waals surface area contributed by atoms with Gasteiger partial charge in [0.15, 0.2) is 0 Å². The van der Waals surface area contributed by atoms with E-state index in [4.69, 9.17) is 0 Å². The first-order valence-electron chi connectivity index (χ1n) is 7.26. The van der Waals surface area contributed by atoms with Gasteiger partial charge in [-0.1, -0.05) is 18.6 Å². The Morgan fingerprint density at radius 1 is 1.30 bits per heavy atom. The smallest absolute Gasteiger partial charge is 0.251 e. The summed E-state index contributed by atoms with van der Waals surface area (Å²) in [6.45, 7) is 1.44. The van der Waals surface area contributed by atoms with E-state index in [1.807, 2.05) is 38.4 Å². The number of aliphatic hydroxyl groups is 1. The fourth-order valence-corrected chi connectivity index (χ4v) is 2.71. The molecule has 0 aliphatic heterocycles. The molecule has 1 saturated carbocycles. The van der Waals surface area contributed by atoms with Crippen LogP contribution in [-0.2, 0) is 6.54 Å². The highest BCUT2D eigenvalue weighted by molar-refractivity contribution is 5.94. The number of hydrogen-bond donors (Lipinski definition) is 2. The van der Waals surface area contributed by atoms with Gasteiger partial charge in [0, 0.05) is 24.6 Å². The summed E-state index contributed by atoms with van der Waals surface area (Å²) in [5.41, 5.74) is 1.87. The van der Waals surface area contributed by atoms with Crippen LogP contribution in [0, 0.1) is 5.92 Å². The van der Waals surface area contributed by atoms with E-state index < -0.39 is 0 Å². The predicted molar refractivity (Wildman–Crippen MR) is 79.5 cm³/mol. The van der Waals surface area contributed by atoms with Crippen molar-refractivity contribution < 1.29 is 9.90 Å². The Bertz CT molecular complexity index is 442. The summed E-state index contributed by atoms with van der Waals surface area (Å²) in [6, 6.07) is 7.69. The van der Waals surface area contributed by atoms with Crippen molar-refractivity contribution >= 4 is 5.91 Å². The molecule has 1 aliphatic rings. The predicted octanol–water partition coefficient (Wildman–Crippen LogP) is 1.64. The van der Waals surface area contributed by atoms with E-state index in [1.165, 1.54) is 5.56 Å². The van der Waals surface area contributed by atoms with Gasteiger partial charge in [0.25, 0.3) is 5.91 Å². The normalized spacial score (nSPS) is 22.2. The number of nitrogens with zero attached hydrogens (tertiary/aromatic N) is 1. The molecule has 110 valence electrons. The molecule has 1 aliphatic carbocycles. The van der Waals surface area contributed by atoms with Crippen LogP contribution in [0.15, 0.2) is 24.3 Å². The van der Waals surface area contributed by atoms with Crippen LogP contribution in [0.3, 0.4) is 0 Å². The Hall–Kier alpha value is -1.39. The largest absolute Gasteiger partial charge is 0.393 e. The van der Waals surface area contributed by atoms with Crippen LogP contribution in [0.25, 0.3) is 0 Å². The summed E-state index contributed by atoms with van der Waals surface area (Å²) in [4.78, 5) is 14.1. The van der Waals surface area contributed by atoms with Crippen LogP contribution < -0.4 is 5.32 Å². The van der Waals surface area contributed by atoms with Crippen molar-refractivity contribution in [1.29, 1.82) is 0 Å². The van der Waals surface area contributed by atoms with Crippen molar-refractivity contribution in [2.75, 3.05) is 20.6 Å². The highest BCUT2D eigenvalue weighted by atomic mass is 16.3. The van der Waals surface area contributed by atoms with E-state index in [0.29, 0.717) is 12.1 Å². The minimum Gasteiger partial charge on any atom is -0.393 e. The number of carbonyl (C=O) groups is 1. The molecule has 1 aromatic rings. The number of aliphatic hydroxyl groups excluding tert-OH is 1. The maximum absolute atomic E-state index is 12.0. The molecule has 1 fully saturated rings. The number of hydrogen-bond acceptors (Lipinski definition) is 3. The average Bonchev–Trinajstić information content (AvgIpc) is 2.82. The molecule has 0 spiro atoms. The van der Waals surface area contributed by atoms with Crippen LogP contribution in [0.4, 0.5) is 0 Å². The molecule has 4 heteroatoms. The fourth-order valence-electron chi connectivity index (χ4n) is 2.71. The topological polar surface area (TPSA) is 52.6 Å². The molecule has 2 rings (SSSR count). The van der Waals surface area contributed by atoms with Crippen molar-refractivity contribution in [3.05, 3.63) is 35.4 Å². The van der Waals surface area contributed by atoms with Gasteiger partial charge in [0.2, 0.25) is 0 Å². The number of rotatable bonds is 5. The molecule has 4 nitrogen and oxygen atoms in total. The molecule has 0 heterocycles. The lowest BCUT2D eigenvalue weighted by Crippen LogP contribution is -2.32. The van der Waals surface area contributed by atoms with E-state index in [0.717, 1.165) is 25.8 Å². The Balaban J connectivity index is 1.85. The Labute approximate surface area is 120 Å². The van der Waals surface area contributed by atoms with Crippen LogP contribution in [0.1, 0.15) is 35.2 Å². The summed E-state index contributed by atoms with van der Waals surface area (Å²) in [6.07, 6.45) is 2.67. The lowest BCUT2D eigenvalue weighted by molar-refractivity contribution is 0.0917. The standard InChI is InChI=1S/C16H24N2O2/c1-18(2)11-12-6-8-13(9-7-12)16(20)17-10-14-4-3-5-15(14)19/h6-9,14-15,19H,3-5,10-11H2,1-2H3,(H,17,20). The van der Waals surface area contributed by atoms with E-state index in [2.05, 4.69) is 10.2 Å². The molecule has 20 heavy (non-hydrogen) atoms. The second kappa shape index (κ2) is 6.86. The lowest BCUT2D eigenvalue weighted by atomic mass is 10.1. The minimum absolute atomic E-state index is 0.0551. The van der Waals surface area contributed by atoms with Crippen molar-refractivity contribution in [3.8, 4) is 0 Å². The molecule has 1 aromatic carbocycles. The number of carbonyl (C=O) groups excluding carboxylic acids is 1. The molecule has 2 unspecified atom stereocenters. The van der Waals surface area contributed by atoms with Crippen molar-refractivity contribution in [2.45, 2.75) is 31.9 Å². The summed E-state index contributed by atoms with van der Waals surface area (Å²) in [5, 5.41) is 12.7. The van der Waals surface area contributed by atoms with E-state index >= 15 is 0 Å². The van der Waals surface area contributed by atoms with Crippen molar-refractivity contribution in [3.63, 3.8) is 0 Å². The van der Waals surface area contributed by atoms with Crippen LogP contribution in [-0.4, -0.2) is 42.7 Å². The van der Waals surface area contributed by atoms with Crippen LogP contribution in [0.5, 0.6) is 0 Å². The average molecular weight is 276 g/mol. The lowest BCUT2D eigenvalue weighted by Gasteiger charge is -2.15. The molecular weight excluding hydrogens is 252 g/mol. The van der Waals surface area contributed by atoms with Gasteiger partial charge in [0.1, 0.15) is 0 Å². The van der Waals surface area contributed by atoms with E-state index in [1.54, 1.807) is 0 Å². The van der Waals surface area contributed by atoms with Crippen LogP contribution in [0.2, 0.25) is 0 Å². The van der Waals surface area contributed by atoms with Gasteiger partial charge in [-0.3, -0.25) is 4.79 Å². The van der Waals surface area contributed by atoms with Gasteiger partial charge in [-0.05, 0) is 44.6 Å². The van der Waals surface area contributed by atoms with Gasteiger partial charge >= 0.3 is 0 Å². The molecule has 0 aromatic heterocycles. The zero-order valence-corrected chi connectivity index (χ0v) is 12.3.